The molecule has 1 saturated heterocycles. The summed E-state index contributed by atoms with van der Waals surface area (Å²) in [4.78, 5) is 27.6. The second-order valence-electron chi connectivity index (χ2n) is 7.85. The van der Waals surface area contributed by atoms with E-state index < -0.39 is 6.10 Å². The number of likely N-dealkylation sites (N-methyl/N-ethyl adjacent to an activating group) is 1. The van der Waals surface area contributed by atoms with Crippen molar-refractivity contribution in [2.75, 3.05) is 20.2 Å². The Labute approximate surface area is 147 Å². The van der Waals surface area contributed by atoms with E-state index in [2.05, 4.69) is 18.0 Å². The van der Waals surface area contributed by atoms with Crippen LogP contribution in [0.2, 0.25) is 0 Å². The molecule has 4 aliphatic rings. The number of Topliss-reactive ketones (excluding diaryl/α,β-unsaturated/α-hetero) is 1. The molecule has 0 unspecified atom stereocenters. The van der Waals surface area contributed by atoms with E-state index in [-0.39, 0.29) is 17.2 Å². The molecule has 2 fully saturated rings. The maximum atomic E-state index is 12.8. The minimum absolute atomic E-state index is 0.193. The highest BCUT2D eigenvalue weighted by Gasteiger charge is 2.65. The number of piperidine rings is 1. The lowest BCUT2D eigenvalue weighted by molar-refractivity contribution is -0.138. The predicted molar refractivity (Wildman–Crippen MR) is 91.0 cm³/mol. The Bertz CT molecular complexity index is 788. The van der Waals surface area contributed by atoms with Gasteiger partial charge in [-0.3, -0.25) is 4.79 Å². The molecule has 25 heavy (non-hydrogen) atoms. The molecule has 0 radical (unpaired) electrons. The van der Waals surface area contributed by atoms with Gasteiger partial charge in [0.05, 0.1) is 6.61 Å². The van der Waals surface area contributed by atoms with Crippen LogP contribution in [0.1, 0.15) is 47.7 Å². The largest absolute Gasteiger partial charge is 0.480 e. The van der Waals surface area contributed by atoms with Gasteiger partial charge >= 0.3 is 5.97 Å². The van der Waals surface area contributed by atoms with Crippen molar-refractivity contribution in [1.29, 1.82) is 0 Å². The normalized spacial score (nSPS) is 35.1. The monoisotopic (exact) mass is 341 g/mol. The maximum absolute atomic E-state index is 12.8. The third-order valence-electron chi connectivity index (χ3n) is 6.90. The number of nitrogens with zero attached hydrogens (tertiary/aromatic N) is 1. The SMILES string of the molecule is CCOC(=O)c1ccc2c3c1O[C@H]1C(=O)CC[C@H]4[C@@H](C2)N(C)CC[C@]314. The highest BCUT2D eigenvalue weighted by Crippen LogP contribution is 2.61. The van der Waals surface area contributed by atoms with Gasteiger partial charge in [-0.15, -0.1) is 0 Å². The van der Waals surface area contributed by atoms with Gasteiger partial charge in [-0.25, -0.2) is 4.79 Å². The number of benzene rings is 1. The fourth-order valence-corrected chi connectivity index (χ4v) is 5.90. The fourth-order valence-electron chi connectivity index (χ4n) is 5.90. The average molecular weight is 341 g/mol. The Morgan fingerprint density at radius 3 is 3.08 bits per heavy atom. The molecule has 2 bridgehead atoms. The summed E-state index contributed by atoms with van der Waals surface area (Å²) in [5.74, 6) is 0.900. The van der Waals surface area contributed by atoms with Crippen molar-refractivity contribution in [2.24, 2.45) is 5.92 Å². The summed E-state index contributed by atoms with van der Waals surface area (Å²) in [5, 5.41) is 0. The predicted octanol–water partition coefficient (Wildman–Crippen LogP) is 2.10. The molecular weight excluding hydrogens is 318 g/mol. The van der Waals surface area contributed by atoms with Crippen LogP contribution in [0.5, 0.6) is 5.75 Å². The van der Waals surface area contributed by atoms with Crippen LogP contribution in [0, 0.1) is 5.92 Å². The van der Waals surface area contributed by atoms with Gasteiger partial charge in [0.25, 0.3) is 0 Å². The van der Waals surface area contributed by atoms with Crippen molar-refractivity contribution in [2.45, 2.75) is 50.2 Å². The van der Waals surface area contributed by atoms with E-state index in [1.807, 2.05) is 6.07 Å². The highest BCUT2D eigenvalue weighted by atomic mass is 16.5. The summed E-state index contributed by atoms with van der Waals surface area (Å²) >= 11 is 0. The maximum Gasteiger partial charge on any atom is 0.341 e. The van der Waals surface area contributed by atoms with Crippen molar-refractivity contribution >= 4 is 11.8 Å². The van der Waals surface area contributed by atoms with Crippen LogP contribution in [-0.2, 0) is 21.4 Å². The highest BCUT2D eigenvalue weighted by molar-refractivity contribution is 5.96. The number of likely N-dealkylation sites (tertiary alicyclic amines) is 1. The van der Waals surface area contributed by atoms with E-state index in [4.69, 9.17) is 9.47 Å². The Morgan fingerprint density at radius 1 is 1.44 bits per heavy atom. The first-order valence-electron chi connectivity index (χ1n) is 9.31. The molecule has 1 spiro atoms. The van der Waals surface area contributed by atoms with Gasteiger partial charge in [0.15, 0.2) is 11.9 Å². The lowest BCUT2D eigenvalue weighted by Gasteiger charge is -2.57. The van der Waals surface area contributed by atoms with E-state index >= 15 is 0 Å². The van der Waals surface area contributed by atoms with Gasteiger partial charge in [0.2, 0.25) is 0 Å². The van der Waals surface area contributed by atoms with E-state index in [0.717, 1.165) is 31.4 Å². The van der Waals surface area contributed by atoms with Gasteiger partial charge in [0.1, 0.15) is 11.3 Å². The van der Waals surface area contributed by atoms with Gasteiger partial charge in [-0.05, 0) is 57.3 Å². The Morgan fingerprint density at radius 2 is 2.28 bits per heavy atom. The smallest absolute Gasteiger partial charge is 0.341 e. The first-order chi connectivity index (χ1) is 12.1. The van der Waals surface area contributed by atoms with Crippen LogP contribution in [0.3, 0.4) is 0 Å². The summed E-state index contributed by atoms with van der Waals surface area (Å²) in [5.41, 5.74) is 2.63. The number of carbonyl (C=O) groups excluding carboxylic acids is 2. The molecule has 1 aromatic rings. The second kappa shape index (κ2) is 5.07. The van der Waals surface area contributed by atoms with Crippen LogP contribution in [0.4, 0.5) is 0 Å². The van der Waals surface area contributed by atoms with Crippen LogP contribution in [-0.4, -0.2) is 49.0 Å². The van der Waals surface area contributed by atoms with Crippen LogP contribution in [0.25, 0.3) is 0 Å². The average Bonchev–Trinajstić information content (AvgIpc) is 2.95. The summed E-state index contributed by atoms with van der Waals surface area (Å²) in [6, 6.07) is 4.33. The van der Waals surface area contributed by atoms with Crippen molar-refractivity contribution in [3.05, 3.63) is 28.8 Å². The molecule has 2 aliphatic carbocycles. The number of esters is 1. The molecule has 0 aromatic heterocycles. The molecular formula is C20H23NO4. The molecule has 4 atom stereocenters. The summed E-state index contributed by atoms with van der Waals surface area (Å²) in [6.45, 7) is 3.10. The van der Waals surface area contributed by atoms with Crippen LogP contribution in [0.15, 0.2) is 12.1 Å². The second-order valence-corrected chi connectivity index (χ2v) is 7.85. The van der Waals surface area contributed by atoms with Crippen molar-refractivity contribution in [3.63, 3.8) is 0 Å². The minimum Gasteiger partial charge on any atom is -0.480 e. The van der Waals surface area contributed by atoms with Crippen LogP contribution >= 0.6 is 0 Å². The molecule has 2 aliphatic heterocycles. The third-order valence-corrected chi connectivity index (χ3v) is 6.90. The van der Waals surface area contributed by atoms with E-state index in [0.29, 0.717) is 36.3 Å². The van der Waals surface area contributed by atoms with Gasteiger partial charge in [0, 0.05) is 23.4 Å². The third kappa shape index (κ3) is 1.77. The Kier molecular flexibility index (Phi) is 3.12. The number of ketones is 1. The van der Waals surface area contributed by atoms with Gasteiger partial charge in [-0.2, -0.15) is 0 Å². The van der Waals surface area contributed by atoms with Crippen molar-refractivity contribution in [1.82, 2.24) is 4.90 Å². The van der Waals surface area contributed by atoms with E-state index in [1.54, 1.807) is 6.92 Å². The van der Waals surface area contributed by atoms with E-state index in [9.17, 15) is 9.59 Å². The molecule has 1 saturated carbocycles. The molecule has 1 aromatic carbocycles. The van der Waals surface area contributed by atoms with Crippen molar-refractivity contribution in [3.8, 4) is 5.75 Å². The lowest BCUT2D eigenvalue weighted by Crippen LogP contribution is -2.65. The van der Waals surface area contributed by atoms with Gasteiger partial charge < -0.3 is 14.4 Å². The zero-order valence-corrected chi connectivity index (χ0v) is 14.7. The van der Waals surface area contributed by atoms with Gasteiger partial charge in [-0.1, -0.05) is 6.07 Å². The van der Waals surface area contributed by atoms with Crippen molar-refractivity contribution < 1.29 is 19.1 Å². The summed E-state index contributed by atoms with van der Waals surface area (Å²) in [6.07, 6.45) is 2.98. The lowest BCUT2D eigenvalue weighted by atomic mass is 9.51. The molecule has 0 N–H and O–H groups in total. The molecule has 2 heterocycles. The molecule has 5 heteroatoms. The quantitative estimate of drug-likeness (QED) is 0.771. The Hall–Kier alpha value is -1.88. The van der Waals surface area contributed by atoms with E-state index in [1.165, 1.54) is 5.56 Å². The topological polar surface area (TPSA) is 55.8 Å². The zero-order chi connectivity index (χ0) is 17.3. The number of carbonyl (C=O) groups is 2. The Balaban J connectivity index is 1.74. The molecule has 0 amide bonds. The molecule has 5 rings (SSSR count). The first kappa shape index (κ1) is 15.4. The number of rotatable bonds is 2. The molecule has 132 valence electrons. The standard InChI is InChI=1S/C20H23NO4/c1-3-24-19(23)12-5-4-11-10-14-13-6-7-15(22)18-20(13,8-9-21(14)2)16(11)17(12)25-18/h4-5,13-14,18H,3,6-10H2,1-2H3/t13-,14+,18-,20-/m0/s1. The number of hydrogen-bond acceptors (Lipinski definition) is 5. The summed E-state index contributed by atoms with van der Waals surface area (Å²) < 4.78 is 11.5. The minimum atomic E-state index is -0.424. The fraction of sp³-hybridized carbons (Fsp3) is 0.600. The molecule has 5 nitrogen and oxygen atoms in total. The first-order valence-corrected chi connectivity index (χ1v) is 9.31. The number of hydrogen-bond donors (Lipinski definition) is 0. The van der Waals surface area contributed by atoms with Crippen LogP contribution < -0.4 is 4.74 Å². The summed E-state index contributed by atoms with van der Waals surface area (Å²) in [7, 11) is 2.19. The number of ether oxygens (including phenoxy) is 2. The zero-order valence-electron chi connectivity index (χ0n) is 14.7.